The number of benzene rings is 2. The summed E-state index contributed by atoms with van der Waals surface area (Å²) in [5.41, 5.74) is 3.20. The summed E-state index contributed by atoms with van der Waals surface area (Å²) < 4.78 is 24.0. The van der Waals surface area contributed by atoms with Gasteiger partial charge in [0.05, 0.1) is 40.6 Å². The number of carbonyl (C=O) groups excluding carboxylic acids is 1. The predicted octanol–water partition coefficient (Wildman–Crippen LogP) is 6.12. The van der Waals surface area contributed by atoms with E-state index in [0.717, 1.165) is 5.56 Å². The highest BCUT2D eigenvalue weighted by Crippen LogP contribution is 2.31. The third-order valence-electron chi connectivity index (χ3n) is 6.29. The Labute approximate surface area is 241 Å². The van der Waals surface area contributed by atoms with Crippen LogP contribution in [0.1, 0.15) is 37.6 Å². The Morgan fingerprint density at radius 3 is 2.64 bits per heavy atom. The van der Waals surface area contributed by atoms with E-state index in [0.29, 0.717) is 34.0 Å². The third-order valence-corrected chi connectivity index (χ3v) is 6.29. The molecule has 0 fully saturated rings. The summed E-state index contributed by atoms with van der Waals surface area (Å²) in [5.74, 6) is -0.0359. The second-order valence-electron chi connectivity index (χ2n) is 10.6. The van der Waals surface area contributed by atoms with E-state index in [-0.39, 0.29) is 22.9 Å². The zero-order valence-corrected chi connectivity index (χ0v) is 23.7. The standard InChI is InChI=1S/C30H28FN9O2/c1-18-11-22(31)24(13-25(18)42-29-33-10-9-23(36-29)20-16-34-39(5)17-20)35-28(41)37-27-14-26(30(2,3)4)38-40(27)21-8-6-7-19(12-21)15-32/h6-14,16-17H,1-5H3,(H2,35,37,41). The van der Waals surface area contributed by atoms with Gasteiger partial charge in [-0.3, -0.25) is 10.00 Å². The maximum atomic E-state index is 15.0. The number of carbonyl (C=O) groups is 1. The molecule has 5 rings (SSSR count). The van der Waals surface area contributed by atoms with Crippen molar-refractivity contribution in [2.24, 2.45) is 7.05 Å². The Bertz CT molecular complexity index is 1830. The Kier molecular flexibility index (Phi) is 7.41. The van der Waals surface area contributed by atoms with Gasteiger partial charge < -0.3 is 10.1 Å². The summed E-state index contributed by atoms with van der Waals surface area (Å²) >= 11 is 0. The zero-order valence-electron chi connectivity index (χ0n) is 23.7. The van der Waals surface area contributed by atoms with Crippen LogP contribution in [0.5, 0.6) is 11.8 Å². The van der Waals surface area contributed by atoms with E-state index < -0.39 is 11.8 Å². The first kappa shape index (κ1) is 28.0. The monoisotopic (exact) mass is 565 g/mol. The summed E-state index contributed by atoms with van der Waals surface area (Å²) in [6.45, 7) is 7.66. The number of nitriles is 1. The van der Waals surface area contributed by atoms with E-state index in [4.69, 9.17) is 4.74 Å². The molecule has 11 nitrogen and oxygen atoms in total. The van der Waals surface area contributed by atoms with Gasteiger partial charge in [-0.2, -0.15) is 20.4 Å². The maximum Gasteiger partial charge on any atom is 0.324 e. The minimum Gasteiger partial charge on any atom is -0.424 e. The van der Waals surface area contributed by atoms with Gasteiger partial charge in [-0.05, 0) is 42.8 Å². The molecule has 0 radical (unpaired) electrons. The molecule has 42 heavy (non-hydrogen) atoms. The molecule has 0 aliphatic heterocycles. The van der Waals surface area contributed by atoms with Crippen LogP contribution in [0.25, 0.3) is 16.9 Å². The molecule has 0 spiro atoms. The molecule has 5 aromatic rings. The van der Waals surface area contributed by atoms with Crippen molar-refractivity contribution in [3.8, 4) is 34.8 Å². The lowest BCUT2D eigenvalue weighted by atomic mass is 9.92. The number of amides is 2. The fourth-order valence-electron chi connectivity index (χ4n) is 4.07. The van der Waals surface area contributed by atoms with Crippen molar-refractivity contribution in [2.45, 2.75) is 33.1 Å². The van der Waals surface area contributed by atoms with Crippen molar-refractivity contribution < 1.29 is 13.9 Å². The van der Waals surface area contributed by atoms with Crippen LogP contribution >= 0.6 is 0 Å². The maximum absolute atomic E-state index is 15.0. The number of urea groups is 1. The normalized spacial score (nSPS) is 11.2. The minimum atomic E-state index is -0.698. The summed E-state index contributed by atoms with van der Waals surface area (Å²) in [6, 6.07) is 14.4. The number of hydrogen-bond acceptors (Lipinski definition) is 7. The van der Waals surface area contributed by atoms with Crippen molar-refractivity contribution in [3.05, 3.63) is 89.8 Å². The molecule has 0 aliphatic rings. The highest BCUT2D eigenvalue weighted by molar-refractivity contribution is 5.99. The molecule has 0 saturated carbocycles. The van der Waals surface area contributed by atoms with Crippen LogP contribution < -0.4 is 15.4 Å². The molecule has 0 atom stereocenters. The smallest absolute Gasteiger partial charge is 0.324 e. The van der Waals surface area contributed by atoms with Crippen LogP contribution in [-0.2, 0) is 12.5 Å². The van der Waals surface area contributed by atoms with Gasteiger partial charge in [0.1, 0.15) is 17.4 Å². The Hall–Kier alpha value is -5.57. The number of nitrogens with zero attached hydrogens (tertiary/aromatic N) is 7. The second-order valence-corrected chi connectivity index (χ2v) is 10.6. The molecule has 2 N–H and O–H groups in total. The van der Waals surface area contributed by atoms with E-state index >= 15 is 0 Å². The van der Waals surface area contributed by atoms with Gasteiger partial charge in [0.2, 0.25) is 0 Å². The quantitative estimate of drug-likeness (QED) is 0.253. The van der Waals surface area contributed by atoms with Crippen molar-refractivity contribution in [1.29, 1.82) is 5.26 Å². The van der Waals surface area contributed by atoms with Crippen molar-refractivity contribution in [1.82, 2.24) is 29.5 Å². The van der Waals surface area contributed by atoms with Crippen LogP contribution in [0, 0.1) is 24.1 Å². The van der Waals surface area contributed by atoms with Crippen LogP contribution in [0.3, 0.4) is 0 Å². The lowest BCUT2D eigenvalue weighted by Crippen LogP contribution is -2.22. The first-order valence-corrected chi connectivity index (χ1v) is 13.0. The van der Waals surface area contributed by atoms with Crippen LogP contribution in [-0.4, -0.2) is 35.6 Å². The highest BCUT2D eigenvalue weighted by Gasteiger charge is 2.22. The molecule has 0 saturated heterocycles. The molecule has 0 aliphatic carbocycles. The number of aromatic nitrogens is 6. The number of halogens is 1. The van der Waals surface area contributed by atoms with Gasteiger partial charge in [0.15, 0.2) is 0 Å². The molecule has 0 unspecified atom stereocenters. The fourth-order valence-corrected chi connectivity index (χ4v) is 4.07. The Morgan fingerprint density at radius 2 is 1.93 bits per heavy atom. The number of ether oxygens (including phenoxy) is 1. The number of nitrogens with one attached hydrogen (secondary N) is 2. The topological polar surface area (TPSA) is 136 Å². The summed E-state index contributed by atoms with van der Waals surface area (Å²) in [6.07, 6.45) is 5.04. The number of anilines is 2. The third kappa shape index (κ3) is 6.10. The molecule has 3 heterocycles. The largest absolute Gasteiger partial charge is 0.424 e. The summed E-state index contributed by atoms with van der Waals surface area (Å²) in [5, 5.41) is 23.4. The molecule has 12 heteroatoms. The Morgan fingerprint density at radius 1 is 1.12 bits per heavy atom. The molecule has 2 amide bonds. The molecule has 2 aromatic carbocycles. The van der Waals surface area contributed by atoms with Gasteiger partial charge in [-0.15, -0.1) is 0 Å². The number of rotatable bonds is 6. The van der Waals surface area contributed by atoms with Crippen LogP contribution in [0.4, 0.5) is 20.7 Å². The number of aryl methyl sites for hydroxylation is 2. The average molecular weight is 566 g/mol. The van der Waals surface area contributed by atoms with Crippen molar-refractivity contribution in [3.63, 3.8) is 0 Å². The first-order valence-electron chi connectivity index (χ1n) is 13.0. The lowest BCUT2D eigenvalue weighted by Gasteiger charge is -2.14. The van der Waals surface area contributed by atoms with Crippen LogP contribution in [0.2, 0.25) is 0 Å². The van der Waals surface area contributed by atoms with E-state index in [1.54, 1.807) is 67.4 Å². The van der Waals surface area contributed by atoms with Crippen molar-refractivity contribution >= 4 is 17.5 Å². The average Bonchev–Trinajstić information content (AvgIpc) is 3.58. The fraction of sp³-hybridized carbons (Fsp3) is 0.200. The van der Waals surface area contributed by atoms with E-state index in [9.17, 15) is 14.4 Å². The zero-order chi connectivity index (χ0) is 30.0. The molecule has 0 bridgehead atoms. The first-order chi connectivity index (χ1) is 20.0. The number of hydrogen-bond donors (Lipinski definition) is 2. The van der Waals surface area contributed by atoms with Gasteiger partial charge in [0.25, 0.3) is 0 Å². The summed E-state index contributed by atoms with van der Waals surface area (Å²) in [4.78, 5) is 21.7. The van der Waals surface area contributed by atoms with Gasteiger partial charge in [-0.25, -0.2) is 18.9 Å². The van der Waals surface area contributed by atoms with E-state index in [1.807, 2.05) is 27.0 Å². The Balaban J connectivity index is 1.39. The van der Waals surface area contributed by atoms with Crippen LogP contribution in [0.15, 0.2) is 67.1 Å². The minimum absolute atomic E-state index is 0.0553. The molecular formula is C30H28FN9O2. The SMILES string of the molecule is Cc1cc(F)c(NC(=O)Nc2cc(C(C)(C)C)nn2-c2cccc(C#N)c2)cc1Oc1nccc(-c2cnn(C)c2)n1. The van der Waals surface area contributed by atoms with Crippen molar-refractivity contribution in [2.75, 3.05) is 10.6 Å². The summed E-state index contributed by atoms with van der Waals surface area (Å²) in [7, 11) is 1.80. The van der Waals surface area contributed by atoms with E-state index in [2.05, 4.69) is 36.9 Å². The molecular weight excluding hydrogens is 537 g/mol. The highest BCUT2D eigenvalue weighted by atomic mass is 19.1. The molecule has 3 aromatic heterocycles. The van der Waals surface area contributed by atoms with Gasteiger partial charge in [0, 0.05) is 42.6 Å². The predicted molar refractivity (Wildman–Crippen MR) is 155 cm³/mol. The van der Waals surface area contributed by atoms with Gasteiger partial charge in [-0.1, -0.05) is 26.8 Å². The van der Waals surface area contributed by atoms with Gasteiger partial charge >= 0.3 is 12.0 Å². The molecule has 212 valence electrons. The second kappa shape index (κ2) is 11.1. The van der Waals surface area contributed by atoms with E-state index in [1.165, 1.54) is 16.8 Å². The lowest BCUT2D eigenvalue weighted by molar-refractivity contribution is 0.262.